The molecule has 3 heteroatoms. The molecule has 0 aliphatic heterocycles. The van der Waals surface area contributed by atoms with Gasteiger partial charge in [0, 0.05) is 30.2 Å². The summed E-state index contributed by atoms with van der Waals surface area (Å²) in [5, 5.41) is 4.74. The van der Waals surface area contributed by atoms with E-state index in [0.29, 0.717) is 12.1 Å². The number of fused-ring (bicyclic) bond motifs is 1. The number of para-hydroxylation sites is 1. The van der Waals surface area contributed by atoms with Crippen molar-refractivity contribution in [3.8, 4) is 0 Å². The van der Waals surface area contributed by atoms with Crippen LogP contribution in [0.2, 0.25) is 0 Å². The van der Waals surface area contributed by atoms with Gasteiger partial charge < -0.3 is 11.1 Å². The number of hydrogen-bond donors (Lipinski definition) is 2. The Kier molecular flexibility index (Phi) is 2.79. The molecule has 3 nitrogen and oxygen atoms in total. The molecule has 1 fully saturated rings. The summed E-state index contributed by atoms with van der Waals surface area (Å²) in [5.41, 5.74) is 8.15. The molecule has 0 atom stereocenters. The molecular formula is C14H17N3. The van der Waals surface area contributed by atoms with Crippen molar-refractivity contribution in [1.82, 2.24) is 10.3 Å². The molecular weight excluding hydrogens is 210 g/mol. The van der Waals surface area contributed by atoms with Gasteiger partial charge in [0.15, 0.2) is 0 Å². The monoisotopic (exact) mass is 227 g/mol. The second-order valence-electron chi connectivity index (χ2n) is 4.80. The molecule has 88 valence electrons. The lowest BCUT2D eigenvalue weighted by molar-refractivity contribution is 0.291. The average molecular weight is 227 g/mol. The van der Waals surface area contributed by atoms with E-state index in [-0.39, 0.29) is 0 Å². The maximum absolute atomic E-state index is 5.78. The zero-order valence-electron chi connectivity index (χ0n) is 9.76. The van der Waals surface area contributed by atoms with Gasteiger partial charge in [0.2, 0.25) is 0 Å². The van der Waals surface area contributed by atoms with E-state index in [0.717, 1.165) is 24.9 Å². The van der Waals surface area contributed by atoms with Gasteiger partial charge in [-0.2, -0.15) is 0 Å². The van der Waals surface area contributed by atoms with Crippen molar-refractivity contribution in [2.75, 3.05) is 0 Å². The molecule has 1 aromatic carbocycles. The molecule has 17 heavy (non-hydrogen) atoms. The van der Waals surface area contributed by atoms with E-state index < -0.39 is 0 Å². The molecule has 3 rings (SSSR count). The third-order valence-corrected chi connectivity index (χ3v) is 3.47. The van der Waals surface area contributed by atoms with Gasteiger partial charge in [-0.3, -0.25) is 4.98 Å². The van der Waals surface area contributed by atoms with Gasteiger partial charge in [-0.1, -0.05) is 24.3 Å². The molecule has 0 unspecified atom stereocenters. The lowest BCUT2D eigenvalue weighted by atomic mass is 9.87. The molecule has 0 spiro atoms. The Morgan fingerprint density at radius 1 is 1.24 bits per heavy atom. The van der Waals surface area contributed by atoms with Gasteiger partial charge in [-0.05, 0) is 24.5 Å². The zero-order chi connectivity index (χ0) is 11.7. The molecule has 1 aromatic heterocycles. The van der Waals surface area contributed by atoms with E-state index in [4.69, 9.17) is 5.73 Å². The highest BCUT2D eigenvalue weighted by atomic mass is 14.9. The van der Waals surface area contributed by atoms with Crippen LogP contribution in [0.4, 0.5) is 0 Å². The van der Waals surface area contributed by atoms with Crippen LogP contribution >= 0.6 is 0 Å². The summed E-state index contributed by atoms with van der Waals surface area (Å²) in [6.07, 6.45) is 4.04. The fourth-order valence-electron chi connectivity index (χ4n) is 2.39. The maximum Gasteiger partial charge on any atom is 0.0746 e. The molecule has 0 radical (unpaired) electrons. The van der Waals surface area contributed by atoms with Crippen molar-refractivity contribution in [3.63, 3.8) is 0 Å². The Balaban J connectivity index is 1.76. The van der Waals surface area contributed by atoms with Gasteiger partial charge >= 0.3 is 0 Å². The van der Waals surface area contributed by atoms with Crippen LogP contribution in [-0.2, 0) is 6.54 Å². The van der Waals surface area contributed by atoms with Crippen LogP contribution < -0.4 is 11.1 Å². The third-order valence-electron chi connectivity index (χ3n) is 3.47. The smallest absolute Gasteiger partial charge is 0.0746 e. The third kappa shape index (κ3) is 2.16. The van der Waals surface area contributed by atoms with Crippen molar-refractivity contribution in [3.05, 3.63) is 42.1 Å². The maximum atomic E-state index is 5.78. The largest absolute Gasteiger partial charge is 0.328 e. The Labute approximate surface area is 101 Å². The predicted octanol–water partition coefficient (Wildman–Crippen LogP) is 1.81. The highest BCUT2D eigenvalue weighted by molar-refractivity contribution is 5.81. The minimum atomic E-state index is 0.401. The van der Waals surface area contributed by atoms with Gasteiger partial charge in [0.05, 0.1) is 5.52 Å². The summed E-state index contributed by atoms with van der Waals surface area (Å²) in [7, 11) is 0. The van der Waals surface area contributed by atoms with Crippen LogP contribution in [0, 0.1) is 0 Å². The van der Waals surface area contributed by atoms with E-state index in [9.17, 15) is 0 Å². The Morgan fingerprint density at radius 3 is 2.88 bits per heavy atom. The number of pyridine rings is 1. The summed E-state index contributed by atoms with van der Waals surface area (Å²) < 4.78 is 0. The van der Waals surface area contributed by atoms with E-state index in [2.05, 4.69) is 34.6 Å². The standard InChI is InChI=1S/C14H17N3/c15-12-7-13(8-12)17-9-11-4-1-3-10-5-2-6-16-14(10)11/h1-6,12-13,17H,7-9,15H2. The van der Waals surface area contributed by atoms with Crippen molar-refractivity contribution < 1.29 is 0 Å². The molecule has 0 amide bonds. The average Bonchev–Trinajstić information content (AvgIpc) is 2.33. The first kappa shape index (κ1) is 10.7. The number of rotatable bonds is 3. The molecule has 1 aliphatic carbocycles. The van der Waals surface area contributed by atoms with Crippen molar-refractivity contribution in [1.29, 1.82) is 0 Å². The highest BCUT2D eigenvalue weighted by Gasteiger charge is 2.24. The van der Waals surface area contributed by atoms with Crippen LogP contribution in [0.3, 0.4) is 0 Å². The molecule has 0 bridgehead atoms. The van der Waals surface area contributed by atoms with Gasteiger partial charge in [-0.15, -0.1) is 0 Å². The molecule has 3 N–H and O–H groups in total. The highest BCUT2D eigenvalue weighted by Crippen LogP contribution is 2.20. The SMILES string of the molecule is NC1CC(NCc2cccc3cccnc23)C1. The molecule has 1 heterocycles. The molecule has 1 aliphatic rings. The summed E-state index contributed by atoms with van der Waals surface area (Å²) >= 11 is 0. The van der Waals surface area contributed by atoms with Crippen LogP contribution in [0.25, 0.3) is 10.9 Å². The van der Waals surface area contributed by atoms with Gasteiger partial charge in [0.1, 0.15) is 0 Å². The number of benzene rings is 1. The first-order valence-corrected chi connectivity index (χ1v) is 6.14. The van der Waals surface area contributed by atoms with Crippen LogP contribution in [0.15, 0.2) is 36.5 Å². The Morgan fingerprint density at radius 2 is 2.06 bits per heavy atom. The molecule has 1 saturated carbocycles. The minimum Gasteiger partial charge on any atom is -0.328 e. The lowest BCUT2D eigenvalue weighted by Crippen LogP contribution is -2.48. The van der Waals surface area contributed by atoms with Crippen LogP contribution in [0.5, 0.6) is 0 Å². The number of hydrogen-bond acceptors (Lipinski definition) is 3. The molecule has 2 aromatic rings. The zero-order valence-corrected chi connectivity index (χ0v) is 9.76. The van der Waals surface area contributed by atoms with E-state index >= 15 is 0 Å². The minimum absolute atomic E-state index is 0.401. The topological polar surface area (TPSA) is 50.9 Å². The Hall–Kier alpha value is -1.45. The van der Waals surface area contributed by atoms with E-state index in [1.165, 1.54) is 10.9 Å². The second kappa shape index (κ2) is 4.43. The fraction of sp³-hybridized carbons (Fsp3) is 0.357. The quantitative estimate of drug-likeness (QED) is 0.841. The van der Waals surface area contributed by atoms with Crippen LogP contribution in [-0.4, -0.2) is 17.1 Å². The molecule has 0 saturated heterocycles. The number of nitrogens with one attached hydrogen (secondary N) is 1. The van der Waals surface area contributed by atoms with Gasteiger partial charge in [-0.25, -0.2) is 0 Å². The normalized spacial score (nSPS) is 23.6. The number of nitrogens with two attached hydrogens (primary N) is 1. The van der Waals surface area contributed by atoms with Gasteiger partial charge in [0.25, 0.3) is 0 Å². The summed E-state index contributed by atoms with van der Waals surface area (Å²) in [6, 6.07) is 11.4. The van der Waals surface area contributed by atoms with E-state index in [1.54, 1.807) is 0 Å². The fourth-order valence-corrected chi connectivity index (χ4v) is 2.39. The summed E-state index contributed by atoms with van der Waals surface area (Å²) in [6.45, 7) is 0.881. The van der Waals surface area contributed by atoms with Crippen molar-refractivity contribution in [2.45, 2.75) is 31.5 Å². The number of nitrogens with zero attached hydrogens (tertiary/aromatic N) is 1. The Bertz CT molecular complexity index is 512. The van der Waals surface area contributed by atoms with Crippen molar-refractivity contribution >= 4 is 10.9 Å². The lowest BCUT2D eigenvalue weighted by Gasteiger charge is -2.33. The first-order valence-electron chi connectivity index (χ1n) is 6.14. The summed E-state index contributed by atoms with van der Waals surface area (Å²) in [5.74, 6) is 0. The van der Waals surface area contributed by atoms with Crippen LogP contribution in [0.1, 0.15) is 18.4 Å². The number of aromatic nitrogens is 1. The van der Waals surface area contributed by atoms with Crippen molar-refractivity contribution in [2.24, 2.45) is 5.73 Å². The van der Waals surface area contributed by atoms with E-state index in [1.807, 2.05) is 12.3 Å². The summed E-state index contributed by atoms with van der Waals surface area (Å²) in [4.78, 5) is 4.45. The first-order chi connectivity index (χ1) is 8.33. The second-order valence-corrected chi connectivity index (χ2v) is 4.80. The predicted molar refractivity (Wildman–Crippen MR) is 69.6 cm³/mol.